The summed E-state index contributed by atoms with van der Waals surface area (Å²) in [7, 11) is 0. The molecule has 340 valence electrons. The first-order chi connectivity index (χ1) is 33.9. The number of anilines is 6. The largest absolute Gasteiger partial charge is 0.456 e. The van der Waals surface area contributed by atoms with Gasteiger partial charge in [0.2, 0.25) is 0 Å². The van der Waals surface area contributed by atoms with Crippen molar-refractivity contribution >= 4 is 88.8 Å². The van der Waals surface area contributed by atoms with Crippen molar-refractivity contribution < 1.29 is 8.83 Å². The fourth-order valence-electron chi connectivity index (χ4n) is 10.1. The first-order valence-electron chi connectivity index (χ1n) is 24.3. The van der Waals surface area contributed by atoms with Crippen molar-refractivity contribution in [3.63, 3.8) is 0 Å². The van der Waals surface area contributed by atoms with Gasteiger partial charge in [-0.2, -0.15) is 0 Å². The van der Waals surface area contributed by atoms with E-state index in [1.54, 1.807) is 0 Å². The average Bonchev–Trinajstić information content (AvgIpc) is 3.91. The zero-order chi connectivity index (χ0) is 47.7. The molecule has 0 atom stereocenters. The molecule has 0 amide bonds. The Kier molecular flexibility index (Phi) is 10.3. The van der Waals surface area contributed by atoms with Crippen molar-refractivity contribution in [2.45, 2.75) is 52.4 Å². The van der Waals surface area contributed by atoms with Gasteiger partial charge in [0.05, 0.1) is 0 Å². The molecule has 12 aromatic rings. The molecule has 0 spiro atoms. The zero-order valence-electron chi connectivity index (χ0n) is 40.5. The zero-order valence-corrected chi connectivity index (χ0v) is 40.5. The third-order valence-corrected chi connectivity index (χ3v) is 13.9. The molecule has 0 unspecified atom stereocenters. The first kappa shape index (κ1) is 43.0. The van der Waals surface area contributed by atoms with Crippen LogP contribution in [0, 0.1) is 0 Å². The Morgan fingerprint density at radius 1 is 0.271 bits per heavy atom. The predicted molar refractivity (Wildman–Crippen MR) is 296 cm³/mol. The molecule has 70 heavy (non-hydrogen) atoms. The van der Waals surface area contributed by atoms with Crippen molar-refractivity contribution in [3.8, 4) is 22.3 Å². The summed E-state index contributed by atoms with van der Waals surface area (Å²) in [6, 6.07) is 78.7. The number of hydrogen-bond acceptors (Lipinski definition) is 4. The molecule has 0 aliphatic heterocycles. The lowest BCUT2D eigenvalue weighted by molar-refractivity contribution is 0.590. The van der Waals surface area contributed by atoms with Crippen LogP contribution < -0.4 is 9.80 Å². The second-order valence-electron chi connectivity index (χ2n) is 20.7. The molecule has 0 radical (unpaired) electrons. The third kappa shape index (κ3) is 7.86. The van der Waals surface area contributed by atoms with Gasteiger partial charge in [0.15, 0.2) is 0 Å². The van der Waals surface area contributed by atoms with Crippen LogP contribution in [0.5, 0.6) is 0 Å². The SMILES string of the molecule is CC(C)(C)c1ccc(N(c2cccc(-c3ccccc3)c2)c2ccc3c(c2)oc2cc4cc5c(cc4cc23)oc2cc(N(c3ccc(-c4ccccc4)cc3)c3cccc(C(C)(C)C)c3)ccc25)cc1. The van der Waals surface area contributed by atoms with Gasteiger partial charge < -0.3 is 18.6 Å². The molecule has 0 saturated heterocycles. The Bertz CT molecular complexity index is 3890. The lowest BCUT2D eigenvalue weighted by Crippen LogP contribution is -2.14. The molecule has 4 heteroatoms. The Hall–Kier alpha value is -8.34. The molecular weight excluding hydrogens is 853 g/mol. The van der Waals surface area contributed by atoms with E-state index in [1.165, 1.54) is 33.4 Å². The Morgan fingerprint density at radius 2 is 0.671 bits per heavy atom. The lowest BCUT2D eigenvalue weighted by atomic mass is 9.87. The Balaban J connectivity index is 0.931. The molecule has 12 rings (SSSR count). The van der Waals surface area contributed by atoms with Gasteiger partial charge in [0.25, 0.3) is 0 Å². The van der Waals surface area contributed by atoms with E-state index in [9.17, 15) is 0 Å². The standard InChI is InChI=1S/C66H54N2O2/c1-65(2,3)49-25-29-52(30-26-49)67(53-21-13-19-46(35-53)44-17-11-8-12-18-44)55-31-33-57-59-36-47-39-62-60(37-48(47)38-61(59)69-63(57)41-55)58-34-32-56(42-64(58)70-62)68(54-22-14-20-50(40-54)66(4,5)6)51-27-23-45(24-28-51)43-15-9-7-10-16-43/h7-42H,1-6H3. The van der Waals surface area contributed by atoms with Gasteiger partial charge in [-0.15, -0.1) is 0 Å². The minimum absolute atomic E-state index is 0.00348. The van der Waals surface area contributed by atoms with Crippen LogP contribution in [-0.4, -0.2) is 0 Å². The van der Waals surface area contributed by atoms with E-state index < -0.39 is 0 Å². The number of hydrogen-bond donors (Lipinski definition) is 0. The van der Waals surface area contributed by atoms with Gasteiger partial charge >= 0.3 is 0 Å². The highest BCUT2D eigenvalue weighted by Gasteiger charge is 2.22. The summed E-state index contributed by atoms with van der Waals surface area (Å²) in [5.74, 6) is 0. The maximum Gasteiger partial charge on any atom is 0.137 e. The van der Waals surface area contributed by atoms with Crippen LogP contribution in [0.2, 0.25) is 0 Å². The smallest absolute Gasteiger partial charge is 0.137 e. The third-order valence-electron chi connectivity index (χ3n) is 13.9. The Labute approximate surface area is 409 Å². The summed E-state index contributed by atoms with van der Waals surface area (Å²) >= 11 is 0. The molecule has 4 nitrogen and oxygen atoms in total. The van der Waals surface area contributed by atoms with Gasteiger partial charge in [0, 0.05) is 67.8 Å². The highest BCUT2D eigenvalue weighted by atomic mass is 16.3. The number of rotatable bonds is 8. The molecule has 0 N–H and O–H groups in total. The Morgan fingerprint density at radius 3 is 1.19 bits per heavy atom. The number of furan rings is 2. The summed E-state index contributed by atoms with van der Waals surface area (Å²) in [6.07, 6.45) is 0. The van der Waals surface area contributed by atoms with Crippen molar-refractivity contribution in [3.05, 3.63) is 230 Å². The van der Waals surface area contributed by atoms with E-state index in [4.69, 9.17) is 8.83 Å². The lowest BCUT2D eigenvalue weighted by Gasteiger charge is -2.28. The average molecular weight is 907 g/mol. The van der Waals surface area contributed by atoms with Crippen molar-refractivity contribution in [2.75, 3.05) is 9.80 Å². The number of fused-ring (bicyclic) bond motifs is 7. The summed E-state index contributed by atoms with van der Waals surface area (Å²) in [4.78, 5) is 4.66. The van der Waals surface area contributed by atoms with Crippen LogP contribution in [0.25, 0.3) is 76.9 Å². The van der Waals surface area contributed by atoms with Gasteiger partial charge in [-0.25, -0.2) is 0 Å². The van der Waals surface area contributed by atoms with Crippen LogP contribution in [0.15, 0.2) is 227 Å². The molecular formula is C66H54N2O2. The van der Waals surface area contributed by atoms with Crippen molar-refractivity contribution in [1.82, 2.24) is 0 Å². The topological polar surface area (TPSA) is 32.8 Å². The normalized spacial score (nSPS) is 12.1. The van der Waals surface area contributed by atoms with E-state index >= 15 is 0 Å². The number of benzene rings is 10. The molecule has 0 saturated carbocycles. The van der Waals surface area contributed by atoms with E-state index in [-0.39, 0.29) is 10.8 Å². The fourth-order valence-corrected chi connectivity index (χ4v) is 10.1. The molecule has 0 aliphatic rings. The van der Waals surface area contributed by atoms with E-state index in [0.717, 1.165) is 88.8 Å². The number of nitrogens with zero attached hydrogens (tertiary/aromatic N) is 2. The minimum atomic E-state index is -0.00348. The monoisotopic (exact) mass is 906 g/mol. The van der Waals surface area contributed by atoms with Crippen LogP contribution in [0.1, 0.15) is 52.7 Å². The quantitative estimate of drug-likeness (QED) is 0.152. The summed E-state index contributed by atoms with van der Waals surface area (Å²) in [5, 5.41) is 6.50. The summed E-state index contributed by atoms with van der Waals surface area (Å²) in [6.45, 7) is 13.6. The predicted octanol–water partition coefficient (Wildman–Crippen LogP) is 19.5. The summed E-state index contributed by atoms with van der Waals surface area (Å²) in [5.41, 5.74) is 17.1. The van der Waals surface area contributed by atoms with Gasteiger partial charge in [0.1, 0.15) is 22.3 Å². The molecule has 10 aromatic carbocycles. The fraction of sp³-hybridized carbons (Fsp3) is 0.121. The van der Waals surface area contributed by atoms with Crippen LogP contribution in [0.3, 0.4) is 0 Å². The van der Waals surface area contributed by atoms with E-state index in [2.05, 4.69) is 270 Å². The van der Waals surface area contributed by atoms with Crippen molar-refractivity contribution in [2.24, 2.45) is 0 Å². The highest BCUT2D eigenvalue weighted by Crippen LogP contribution is 2.44. The van der Waals surface area contributed by atoms with Gasteiger partial charge in [-0.1, -0.05) is 151 Å². The molecule has 2 heterocycles. The van der Waals surface area contributed by atoms with Crippen LogP contribution >= 0.6 is 0 Å². The van der Waals surface area contributed by atoms with E-state index in [0.29, 0.717) is 0 Å². The maximum absolute atomic E-state index is 6.79. The first-order valence-corrected chi connectivity index (χ1v) is 24.3. The molecule has 0 aliphatic carbocycles. The molecule has 2 aromatic heterocycles. The summed E-state index contributed by atoms with van der Waals surface area (Å²) < 4.78 is 13.6. The van der Waals surface area contributed by atoms with Gasteiger partial charge in [-0.05, 0) is 152 Å². The van der Waals surface area contributed by atoms with Crippen LogP contribution in [0.4, 0.5) is 34.1 Å². The van der Waals surface area contributed by atoms with Crippen molar-refractivity contribution in [1.29, 1.82) is 0 Å². The second-order valence-corrected chi connectivity index (χ2v) is 20.7. The van der Waals surface area contributed by atoms with Crippen LogP contribution in [-0.2, 0) is 10.8 Å². The van der Waals surface area contributed by atoms with Gasteiger partial charge in [-0.3, -0.25) is 0 Å². The minimum Gasteiger partial charge on any atom is -0.456 e. The molecule has 0 bridgehead atoms. The second kappa shape index (κ2) is 16.7. The highest BCUT2D eigenvalue weighted by molar-refractivity contribution is 6.15. The maximum atomic E-state index is 6.79. The molecule has 0 fully saturated rings. The van der Waals surface area contributed by atoms with E-state index in [1.807, 2.05) is 0 Å².